The van der Waals surface area contributed by atoms with Crippen LogP contribution in [0.2, 0.25) is 5.02 Å². The Morgan fingerprint density at radius 3 is 2.69 bits per heavy atom. The second kappa shape index (κ2) is 5.72. The SMILES string of the molecule is CCC(Oc1ccc(CO)cc1Cl)C(=O)O. The molecule has 0 fully saturated rings. The van der Waals surface area contributed by atoms with Gasteiger partial charge in [-0.05, 0) is 24.1 Å². The third-order valence-electron chi connectivity index (χ3n) is 2.09. The van der Waals surface area contributed by atoms with Crippen molar-refractivity contribution < 1.29 is 19.7 Å². The van der Waals surface area contributed by atoms with Crippen LogP contribution in [0.5, 0.6) is 5.75 Å². The van der Waals surface area contributed by atoms with E-state index in [9.17, 15) is 4.79 Å². The predicted molar refractivity (Wildman–Crippen MR) is 59.7 cm³/mol. The van der Waals surface area contributed by atoms with E-state index in [2.05, 4.69) is 0 Å². The predicted octanol–water partition coefficient (Wildman–Crippen LogP) is 2.07. The van der Waals surface area contributed by atoms with E-state index in [1.54, 1.807) is 25.1 Å². The average Bonchev–Trinajstić information content (AvgIpc) is 2.26. The Hall–Kier alpha value is -1.26. The molecule has 0 amide bonds. The number of ether oxygens (including phenoxy) is 1. The van der Waals surface area contributed by atoms with Crippen LogP contribution in [0.4, 0.5) is 0 Å². The zero-order valence-corrected chi connectivity index (χ0v) is 9.57. The topological polar surface area (TPSA) is 66.8 Å². The second-order valence-electron chi connectivity index (χ2n) is 3.28. The number of aliphatic hydroxyl groups is 1. The molecule has 0 heterocycles. The van der Waals surface area contributed by atoms with Gasteiger partial charge in [-0.3, -0.25) is 0 Å². The fourth-order valence-corrected chi connectivity index (χ4v) is 1.45. The van der Waals surface area contributed by atoms with E-state index in [0.717, 1.165) is 0 Å². The summed E-state index contributed by atoms with van der Waals surface area (Å²) < 4.78 is 5.24. The molecule has 0 aliphatic rings. The lowest BCUT2D eigenvalue weighted by molar-refractivity contribution is -0.145. The Labute approximate surface area is 98.4 Å². The first-order valence-electron chi connectivity index (χ1n) is 4.87. The van der Waals surface area contributed by atoms with Crippen LogP contribution < -0.4 is 4.74 Å². The van der Waals surface area contributed by atoms with Gasteiger partial charge in [-0.2, -0.15) is 0 Å². The smallest absolute Gasteiger partial charge is 0.344 e. The Morgan fingerprint density at radius 2 is 2.25 bits per heavy atom. The van der Waals surface area contributed by atoms with E-state index in [4.69, 9.17) is 26.6 Å². The van der Waals surface area contributed by atoms with E-state index < -0.39 is 12.1 Å². The van der Waals surface area contributed by atoms with Crippen molar-refractivity contribution in [2.75, 3.05) is 0 Å². The molecule has 4 nitrogen and oxygen atoms in total. The molecular weight excluding hydrogens is 232 g/mol. The number of hydrogen-bond acceptors (Lipinski definition) is 3. The molecule has 1 unspecified atom stereocenters. The van der Waals surface area contributed by atoms with Crippen molar-refractivity contribution in [3.63, 3.8) is 0 Å². The largest absolute Gasteiger partial charge is 0.479 e. The molecule has 0 aliphatic heterocycles. The summed E-state index contributed by atoms with van der Waals surface area (Å²) in [6.45, 7) is 1.60. The highest BCUT2D eigenvalue weighted by molar-refractivity contribution is 6.32. The molecular formula is C11H13ClO4. The normalized spacial score (nSPS) is 12.2. The lowest BCUT2D eigenvalue weighted by Crippen LogP contribution is -2.26. The van der Waals surface area contributed by atoms with Crippen molar-refractivity contribution in [2.24, 2.45) is 0 Å². The van der Waals surface area contributed by atoms with Crippen LogP contribution in [-0.2, 0) is 11.4 Å². The van der Waals surface area contributed by atoms with Gasteiger partial charge in [0.1, 0.15) is 5.75 Å². The van der Waals surface area contributed by atoms with E-state index in [1.165, 1.54) is 0 Å². The summed E-state index contributed by atoms with van der Waals surface area (Å²) in [7, 11) is 0. The van der Waals surface area contributed by atoms with Crippen LogP contribution in [0, 0.1) is 0 Å². The van der Waals surface area contributed by atoms with Gasteiger partial charge in [-0.25, -0.2) is 4.79 Å². The van der Waals surface area contributed by atoms with Crippen molar-refractivity contribution >= 4 is 17.6 Å². The first kappa shape index (κ1) is 12.8. The minimum Gasteiger partial charge on any atom is -0.479 e. The monoisotopic (exact) mass is 244 g/mol. The van der Waals surface area contributed by atoms with Gasteiger partial charge < -0.3 is 14.9 Å². The van der Waals surface area contributed by atoms with Gasteiger partial charge in [0.2, 0.25) is 0 Å². The molecule has 0 spiro atoms. The van der Waals surface area contributed by atoms with Crippen LogP contribution >= 0.6 is 11.6 Å². The summed E-state index contributed by atoms with van der Waals surface area (Å²) >= 11 is 5.88. The number of aliphatic carboxylic acids is 1. The molecule has 1 aromatic rings. The molecule has 0 bridgehead atoms. The van der Waals surface area contributed by atoms with Gasteiger partial charge in [0.15, 0.2) is 6.10 Å². The van der Waals surface area contributed by atoms with Crippen LogP contribution in [-0.4, -0.2) is 22.3 Å². The third-order valence-corrected chi connectivity index (χ3v) is 2.39. The quantitative estimate of drug-likeness (QED) is 0.832. The van der Waals surface area contributed by atoms with E-state index >= 15 is 0 Å². The number of rotatable bonds is 5. The average molecular weight is 245 g/mol. The summed E-state index contributed by atoms with van der Waals surface area (Å²) in [5.41, 5.74) is 0.653. The van der Waals surface area contributed by atoms with Crippen LogP contribution in [0.15, 0.2) is 18.2 Å². The Bertz CT molecular complexity index is 378. The molecule has 1 aromatic carbocycles. The third kappa shape index (κ3) is 3.12. The molecule has 2 N–H and O–H groups in total. The van der Waals surface area contributed by atoms with Crippen LogP contribution in [0.3, 0.4) is 0 Å². The van der Waals surface area contributed by atoms with Crippen LogP contribution in [0.25, 0.3) is 0 Å². The molecule has 0 radical (unpaired) electrons. The van der Waals surface area contributed by atoms with Gasteiger partial charge in [-0.1, -0.05) is 24.6 Å². The maximum Gasteiger partial charge on any atom is 0.344 e. The highest BCUT2D eigenvalue weighted by Gasteiger charge is 2.18. The lowest BCUT2D eigenvalue weighted by atomic mass is 10.2. The van der Waals surface area contributed by atoms with Gasteiger partial charge in [0.05, 0.1) is 11.6 Å². The molecule has 88 valence electrons. The maximum absolute atomic E-state index is 10.8. The summed E-state index contributed by atoms with van der Waals surface area (Å²) in [6, 6.07) is 4.74. The van der Waals surface area contributed by atoms with Gasteiger partial charge in [0.25, 0.3) is 0 Å². The summed E-state index contributed by atoms with van der Waals surface area (Å²) in [5.74, 6) is -0.710. The molecule has 0 aliphatic carbocycles. The standard InChI is InChI=1S/C11H13ClO4/c1-2-9(11(14)15)16-10-4-3-7(6-13)5-8(10)12/h3-5,9,13H,2,6H2,1H3,(H,14,15). The molecule has 0 saturated carbocycles. The number of aliphatic hydroxyl groups excluding tert-OH is 1. The first-order valence-corrected chi connectivity index (χ1v) is 5.25. The van der Waals surface area contributed by atoms with Crippen molar-refractivity contribution in [1.29, 1.82) is 0 Å². The highest BCUT2D eigenvalue weighted by Crippen LogP contribution is 2.26. The molecule has 1 rings (SSSR count). The zero-order chi connectivity index (χ0) is 12.1. The van der Waals surface area contributed by atoms with Crippen LogP contribution in [0.1, 0.15) is 18.9 Å². The number of halogens is 1. The van der Waals surface area contributed by atoms with Crippen molar-refractivity contribution in [2.45, 2.75) is 26.1 Å². The van der Waals surface area contributed by atoms with Gasteiger partial charge in [-0.15, -0.1) is 0 Å². The number of carbonyl (C=O) groups is 1. The summed E-state index contributed by atoms with van der Waals surface area (Å²) in [6.07, 6.45) is -0.551. The highest BCUT2D eigenvalue weighted by atomic mass is 35.5. The molecule has 0 aromatic heterocycles. The molecule has 5 heteroatoms. The summed E-state index contributed by atoms with van der Waals surface area (Å²) in [4.78, 5) is 10.8. The minimum atomic E-state index is -1.02. The van der Waals surface area contributed by atoms with Crippen molar-refractivity contribution in [3.05, 3.63) is 28.8 Å². The van der Waals surface area contributed by atoms with E-state index in [-0.39, 0.29) is 6.61 Å². The lowest BCUT2D eigenvalue weighted by Gasteiger charge is -2.14. The van der Waals surface area contributed by atoms with Crippen molar-refractivity contribution in [3.8, 4) is 5.75 Å². The fraction of sp³-hybridized carbons (Fsp3) is 0.364. The Morgan fingerprint density at radius 1 is 1.56 bits per heavy atom. The maximum atomic E-state index is 10.8. The summed E-state index contributed by atoms with van der Waals surface area (Å²) in [5, 5.41) is 18.0. The Kier molecular flexibility index (Phi) is 4.58. The van der Waals surface area contributed by atoms with E-state index in [1.807, 2.05) is 0 Å². The number of carboxylic acids is 1. The molecule has 16 heavy (non-hydrogen) atoms. The van der Waals surface area contributed by atoms with Gasteiger partial charge >= 0.3 is 5.97 Å². The van der Waals surface area contributed by atoms with E-state index in [0.29, 0.717) is 22.8 Å². The number of carboxylic acid groups (broad SMARTS) is 1. The number of benzene rings is 1. The Balaban J connectivity index is 2.84. The van der Waals surface area contributed by atoms with Gasteiger partial charge in [0, 0.05) is 0 Å². The molecule has 0 saturated heterocycles. The molecule has 1 atom stereocenters. The second-order valence-corrected chi connectivity index (χ2v) is 3.68. The number of hydrogen-bond donors (Lipinski definition) is 2. The first-order chi connectivity index (χ1) is 7.58. The zero-order valence-electron chi connectivity index (χ0n) is 8.81. The minimum absolute atomic E-state index is 0.115. The fourth-order valence-electron chi connectivity index (χ4n) is 1.20. The van der Waals surface area contributed by atoms with Crippen molar-refractivity contribution in [1.82, 2.24) is 0 Å².